The Balaban J connectivity index is 2.26. The summed E-state index contributed by atoms with van der Waals surface area (Å²) in [5.74, 6) is 0. The zero-order chi connectivity index (χ0) is 14.8. The summed E-state index contributed by atoms with van der Waals surface area (Å²) in [7, 11) is 6.15. The van der Waals surface area contributed by atoms with Crippen LogP contribution in [0.3, 0.4) is 0 Å². The van der Waals surface area contributed by atoms with E-state index in [0.717, 1.165) is 37.0 Å². The summed E-state index contributed by atoms with van der Waals surface area (Å²) in [6.45, 7) is 4.88. The van der Waals surface area contributed by atoms with E-state index < -0.39 is 0 Å². The van der Waals surface area contributed by atoms with Gasteiger partial charge in [0.15, 0.2) is 0 Å². The minimum Gasteiger partial charge on any atom is -0.373 e. The van der Waals surface area contributed by atoms with Crippen LogP contribution in [-0.4, -0.2) is 54.6 Å². The number of rotatable bonds is 6. The van der Waals surface area contributed by atoms with Crippen molar-refractivity contribution >= 4 is 15.9 Å². The third kappa shape index (κ3) is 3.24. The highest BCUT2D eigenvalue weighted by molar-refractivity contribution is 9.10. The number of likely N-dealkylation sites (N-methyl/N-ethyl adjacent to an activating group) is 2. The molecule has 1 aliphatic heterocycles. The Labute approximate surface area is 129 Å². The summed E-state index contributed by atoms with van der Waals surface area (Å²) in [4.78, 5) is 2.17. The maximum absolute atomic E-state index is 6.02. The number of aromatic nitrogens is 2. The van der Waals surface area contributed by atoms with Crippen molar-refractivity contribution in [1.29, 1.82) is 0 Å². The molecule has 0 bridgehead atoms. The first kappa shape index (κ1) is 15.9. The number of halogens is 1. The van der Waals surface area contributed by atoms with Crippen LogP contribution in [0, 0.1) is 0 Å². The van der Waals surface area contributed by atoms with Crippen LogP contribution in [0.15, 0.2) is 10.7 Å². The SMILES string of the molecule is CNC(c1c(Br)cnn1CCN(C)C)C1(C)CCCO1. The molecule has 1 saturated heterocycles. The minimum atomic E-state index is -0.160. The lowest BCUT2D eigenvalue weighted by atomic mass is 9.90. The molecule has 1 aliphatic rings. The van der Waals surface area contributed by atoms with Crippen LogP contribution in [0.25, 0.3) is 0 Å². The Hall–Kier alpha value is -0.430. The van der Waals surface area contributed by atoms with Gasteiger partial charge in [-0.1, -0.05) is 0 Å². The van der Waals surface area contributed by atoms with E-state index in [1.165, 1.54) is 5.69 Å². The van der Waals surface area contributed by atoms with Gasteiger partial charge < -0.3 is 15.0 Å². The quantitative estimate of drug-likeness (QED) is 0.857. The van der Waals surface area contributed by atoms with Gasteiger partial charge in [0.2, 0.25) is 0 Å². The molecule has 2 rings (SSSR count). The van der Waals surface area contributed by atoms with E-state index in [4.69, 9.17) is 4.74 Å². The van der Waals surface area contributed by atoms with E-state index in [1.807, 2.05) is 13.2 Å². The number of hydrogen-bond donors (Lipinski definition) is 1. The molecule has 20 heavy (non-hydrogen) atoms. The van der Waals surface area contributed by atoms with Crippen molar-refractivity contribution in [2.24, 2.45) is 0 Å². The van der Waals surface area contributed by atoms with Crippen molar-refractivity contribution in [1.82, 2.24) is 20.0 Å². The van der Waals surface area contributed by atoms with Gasteiger partial charge >= 0.3 is 0 Å². The predicted octanol–water partition coefficient (Wildman–Crippen LogP) is 2.04. The lowest BCUT2D eigenvalue weighted by molar-refractivity contribution is -0.0130. The summed E-state index contributed by atoms with van der Waals surface area (Å²) in [5, 5.41) is 7.93. The molecule has 2 heterocycles. The summed E-state index contributed by atoms with van der Waals surface area (Å²) in [5.41, 5.74) is 1.02. The molecule has 1 aromatic heterocycles. The highest BCUT2D eigenvalue weighted by atomic mass is 79.9. The van der Waals surface area contributed by atoms with Gasteiger partial charge in [0.05, 0.1) is 34.6 Å². The molecule has 0 aromatic carbocycles. The van der Waals surface area contributed by atoms with Crippen LogP contribution < -0.4 is 5.32 Å². The summed E-state index contributed by atoms with van der Waals surface area (Å²) < 4.78 is 9.15. The summed E-state index contributed by atoms with van der Waals surface area (Å²) >= 11 is 3.64. The van der Waals surface area contributed by atoms with E-state index in [2.05, 4.69) is 56.9 Å². The number of hydrogen-bond acceptors (Lipinski definition) is 4. The third-order valence-electron chi connectivity index (χ3n) is 4.01. The van der Waals surface area contributed by atoms with Gasteiger partial charge in [0.25, 0.3) is 0 Å². The largest absolute Gasteiger partial charge is 0.373 e. The number of ether oxygens (including phenoxy) is 1. The average Bonchev–Trinajstić information content (AvgIpc) is 2.97. The van der Waals surface area contributed by atoms with Crippen molar-refractivity contribution in [2.45, 2.75) is 38.0 Å². The van der Waals surface area contributed by atoms with E-state index >= 15 is 0 Å². The van der Waals surface area contributed by atoms with Gasteiger partial charge in [-0.2, -0.15) is 5.10 Å². The molecular weight excluding hydrogens is 320 g/mol. The van der Waals surface area contributed by atoms with Crippen molar-refractivity contribution in [3.05, 3.63) is 16.4 Å². The van der Waals surface area contributed by atoms with Gasteiger partial charge in [-0.15, -0.1) is 0 Å². The maximum Gasteiger partial charge on any atom is 0.0864 e. The zero-order valence-electron chi connectivity index (χ0n) is 12.8. The fourth-order valence-corrected chi connectivity index (χ4v) is 3.42. The van der Waals surface area contributed by atoms with E-state index in [0.29, 0.717) is 0 Å². The first-order valence-electron chi connectivity index (χ1n) is 7.15. The molecule has 114 valence electrons. The van der Waals surface area contributed by atoms with Crippen LogP contribution in [-0.2, 0) is 11.3 Å². The molecule has 6 heteroatoms. The summed E-state index contributed by atoms with van der Waals surface area (Å²) in [6, 6.07) is 0.143. The van der Waals surface area contributed by atoms with Gasteiger partial charge in [-0.05, 0) is 56.8 Å². The number of nitrogens with zero attached hydrogens (tertiary/aromatic N) is 3. The second kappa shape index (κ2) is 6.56. The van der Waals surface area contributed by atoms with Crippen LogP contribution in [0.2, 0.25) is 0 Å². The zero-order valence-corrected chi connectivity index (χ0v) is 14.4. The molecule has 0 saturated carbocycles. The van der Waals surface area contributed by atoms with Crippen LogP contribution >= 0.6 is 15.9 Å². The Morgan fingerprint density at radius 2 is 2.35 bits per heavy atom. The fourth-order valence-electron chi connectivity index (χ4n) is 2.89. The Morgan fingerprint density at radius 1 is 1.60 bits per heavy atom. The highest BCUT2D eigenvalue weighted by Crippen LogP contribution is 2.39. The van der Waals surface area contributed by atoms with Crippen molar-refractivity contribution in [3.8, 4) is 0 Å². The van der Waals surface area contributed by atoms with Gasteiger partial charge in [0.1, 0.15) is 0 Å². The second-order valence-corrected chi connectivity index (χ2v) is 6.74. The molecule has 0 amide bonds. The normalized spacial score (nSPS) is 24.5. The molecule has 1 fully saturated rings. The topological polar surface area (TPSA) is 42.3 Å². The molecule has 0 radical (unpaired) electrons. The Morgan fingerprint density at radius 3 is 2.90 bits per heavy atom. The first-order chi connectivity index (χ1) is 9.48. The van der Waals surface area contributed by atoms with E-state index in [9.17, 15) is 0 Å². The standard InChI is InChI=1S/C14H25BrN4O/c1-14(6-5-9-20-14)13(16-2)12-11(15)10-17-19(12)8-7-18(3)4/h10,13,16H,5-9H2,1-4H3. The average molecular weight is 345 g/mol. The molecule has 2 unspecified atom stereocenters. The minimum absolute atomic E-state index is 0.143. The highest BCUT2D eigenvalue weighted by Gasteiger charge is 2.41. The number of nitrogens with one attached hydrogen (secondary N) is 1. The lowest BCUT2D eigenvalue weighted by Gasteiger charge is -2.34. The van der Waals surface area contributed by atoms with Crippen molar-refractivity contribution in [3.63, 3.8) is 0 Å². The molecule has 1 aromatic rings. The molecule has 2 atom stereocenters. The van der Waals surface area contributed by atoms with Gasteiger partial charge in [-0.3, -0.25) is 4.68 Å². The fraction of sp³-hybridized carbons (Fsp3) is 0.786. The summed E-state index contributed by atoms with van der Waals surface area (Å²) in [6.07, 6.45) is 4.08. The molecule has 5 nitrogen and oxygen atoms in total. The predicted molar refractivity (Wildman–Crippen MR) is 83.9 cm³/mol. The molecule has 0 spiro atoms. The smallest absolute Gasteiger partial charge is 0.0864 e. The monoisotopic (exact) mass is 344 g/mol. The van der Waals surface area contributed by atoms with E-state index in [1.54, 1.807) is 0 Å². The second-order valence-electron chi connectivity index (χ2n) is 5.89. The third-order valence-corrected chi connectivity index (χ3v) is 4.63. The van der Waals surface area contributed by atoms with Gasteiger partial charge in [0, 0.05) is 13.2 Å². The van der Waals surface area contributed by atoms with Crippen LogP contribution in [0.1, 0.15) is 31.5 Å². The Bertz CT molecular complexity index is 440. The molecular formula is C14H25BrN4O. The van der Waals surface area contributed by atoms with Crippen LogP contribution in [0.5, 0.6) is 0 Å². The Kier molecular flexibility index (Phi) is 5.23. The first-order valence-corrected chi connectivity index (χ1v) is 7.94. The van der Waals surface area contributed by atoms with Gasteiger partial charge in [-0.25, -0.2) is 0 Å². The maximum atomic E-state index is 6.02. The van der Waals surface area contributed by atoms with Crippen molar-refractivity contribution in [2.75, 3.05) is 34.3 Å². The lowest BCUT2D eigenvalue weighted by Crippen LogP contribution is -2.41. The van der Waals surface area contributed by atoms with E-state index in [-0.39, 0.29) is 11.6 Å². The van der Waals surface area contributed by atoms with Crippen LogP contribution in [0.4, 0.5) is 0 Å². The molecule has 0 aliphatic carbocycles. The van der Waals surface area contributed by atoms with Crippen molar-refractivity contribution < 1.29 is 4.74 Å². The molecule has 1 N–H and O–H groups in total.